The number of rotatable bonds is 23. The largest absolute Gasteiger partial charge is 1.00 e. The van der Waals surface area contributed by atoms with Gasteiger partial charge in [0.2, 0.25) is 0 Å². The quantitative estimate of drug-likeness (QED) is 0.0235. The summed E-state index contributed by atoms with van der Waals surface area (Å²) in [6.45, 7) is -3.41. The van der Waals surface area contributed by atoms with Gasteiger partial charge in [0.15, 0.2) is 0 Å². The normalized spacial score (nSPS) is 15.5. The summed E-state index contributed by atoms with van der Waals surface area (Å²) in [6, 6.07) is 0. The summed E-state index contributed by atoms with van der Waals surface area (Å²) >= 11 is -0.268. The van der Waals surface area contributed by atoms with Crippen molar-refractivity contribution in [1.82, 2.24) is 0 Å². The van der Waals surface area contributed by atoms with Crippen molar-refractivity contribution in [2.24, 2.45) is 5.92 Å². The summed E-state index contributed by atoms with van der Waals surface area (Å²) in [5, 5.41) is 12.7. The molecular formula is C23H17F26NaO7S. The molecule has 0 aliphatic rings. The summed E-state index contributed by atoms with van der Waals surface area (Å²) in [7, 11) is 0. The van der Waals surface area contributed by atoms with Gasteiger partial charge < -0.3 is 14.7 Å². The van der Waals surface area contributed by atoms with Crippen LogP contribution in [0.1, 0.15) is 32.1 Å². The van der Waals surface area contributed by atoms with Crippen LogP contribution in [0.25, 0.3) is 0 Å². The molecule has 0 aliphatic heterocycles. The molecule has 340 valence electrons. The van der Waals surface area contributed by atoms with Crippen molar-refractivity contribution in [1.29, 1.82) is 0 Å². The van der Waals surface area contributed by atoms with Crippen molar-refractivity contribution in [3.63, 3.8) is 0 Å². The van der Waals surface area contributed by atoms with Crippen LogP contribution in [-0.2, 0) is 28.4 Å². The summed E-state index contributed by atoms with van der Waals surface area (Å²) in [6.07, 6.45) is -26.3. The molecule has 0 rings (SSSR count). The van der Waals surface area contributed by atoms with Crippen molar-refractivity contribution in [2.45, 2.75) is 104 Å². The van der Waals surface area contributed by atoms with Crippen molar-refractivity contribution in [3.05, 3.63) is 0 Å². The molecular weight excluding hydrogens is 937 g/mol. The number of halogens is 26. The summed E-state index contributed by atoms with van der Waals surface area (Å²) in [5.41, 5.74) is 0. The zero-order chi connectivity index (χ0) is 45.9. The molecule has 35 heteroatoms. The second kappa shape index (κ2) is 19.2. The predicted octanol–water partition coefficient (Wildman–Crippen LogP) is 5.99. The van der Waals surface area contributed by atoms with Gasteiger partial charge in [-0.2, -0.15) is 118 Å². The van der Waals surface area contributed by atoms with Crippen LogP contribution in [0.15, 0.2) is 0 Å². The molecule has 7 nitrogen and oxygen atoms in total. The minimum Gasteiger partial charge on any atom is -0.691 e. The molecule has 0 saturated carbocycles. The number of carbonyl (C=O) groups is 2. The first kappa shape index (κ1) is 58.4. The summed E-state index contributed by atoms with van der Waals surface area (Å²) < 4.78 is 354. The Labute approximate surface area is 329 Å². The molecule has 1 atom stereocenters. The van der Waals surface area contributed by atoms with E-state index in [1.807, 2.05) is 0 Å². The van der Waals surface area contributed by atoms with Gasteiger partial charge in [0.05, 0.1) is 25.6 Å². The fraction of sp³-hybridized carbons (Fsp3) is 0.913. The van der Waals surface area contributed by atoms with Gasteiger partial charge in [0, 0.05) is 30.6 Å². The zero-order valence-corrected chi connectivity index (χ0v) is 30.1. The number of alkyl halides is 26. The molecule has 1 unspecified atom stereocenters. The van der Waals surface area contributed by atoms with Gasteiger partial charge in [-0.15, -0.1) is 0 Å². The molecule has 0 bridgehead atoms. The first-order valence-corrected chi connectivity index (χ1v) is 14.7. The fourth-order valence-electron chi connectivity index (χ4n) is 3.58. The Balaban J connectivity index is 0. The molecule has 58 heavy (non-hydrogen) atoms. The maximum Gasteiger partial charge on any atom is 1.00 e. The van der Waals surface area contributed by atoms with Gasteiger partial charge >= 0.3 is 113 Å². The third kappa shape index (κ3) is 11.2. The maximum absolute atomic E-state index is 13.9. The van der Waals surface area contributed by atoms with Gasteiger partial charge in [0.1, 0.15) is 0 Å². The first-order valence-electron chi connectivity index (χ1n) is 13.8. The van der Waals surface area contributed by atoms with E-state index in [9.17, 15) is 129 Å². The number of carbonyl (C=O) groups excluding carboxylic acids is 2. The van der Waals surface area contributed by atoms with E-state index in [2.05, 4.69) is 18.8 Å². The first-order chi connectivity index (χ1) is 24.9. The molecule has 0 aromatic carbocycles. The second-order valence-electron chi connectivity index (χ2n) is 10.9. The number of ether oxygens (including phenoxy) is 2. The predicted molar refractivity (Wildman–Crippen MR) is 125 cm³/mol. The Morgan fingerprint density at radius 1 is 0.483 bits per heavy atom. The van der Waals surface area contributed by atoms with Gasteiger partial charge in [-0.05, 0) is 12.8 Å². The Morgan fingerprint density at radius 3 is 1.10 bits per heavy atom. The monoisotopic (exact) mass is 954 g/mol. The maximum atomic E-state index is 13.9. The molecule has 0 N–H and O–H groups in total. The number of hydrogen-bond acceptors (Lipinski definition) is 8. The van der Waals surface area contributed by atoms with Crippen LogP contribution in [0.3, 0.4) is 0 Å². The third-order valence-corrected chi connectivity index (χ3v) is 7.56. The van der Waals surface area contributed by atoms with Crippen LogP contribution in [0.4, 0.5) is 114 Å². The smallest absolute Gasteiger partial charge is 0.691 e. The average Bonchev–Trinajstić information content (AvgIpc) is 3.02. The van der Waals surface area contributed by atoms with Gasteiger partial charge in [-0.3, -0.25) is 14.6 Å². The molecule has 0 amide bonds. The van der Waals surface area contributed by atoms with E-state index in [-0.39, 0.29) is 41.6 Å². The molecule has 0 fully saturated rings. The Morgan fingerprint density at radius 2 is 0.793 bits per heavy atom. The second-order valence-corrected chi connectivity index (χ2v) is 11.6. The number of hydrogen-bond donors (Lipinski definition) is 0. The molecule has 0 aliphatic carbocycles. The third-order valence-electron chi connectivity index (χ3n) is 6.87. The van der Waals surface area contributed by atoms with E-state index < -0.39 is 141 Å². The van der Waals surface area contributed by atoms with E-state index in [0.717, 1.165) is 0 Å². The van der Waals surface area contributed by atoms with Crippen LogP contribution in [0.5, 0.6) is 0 Å². The Kier molecular flexibility index (Phi) is 19.3. The molecule has 0 aromatic heterocycles. The van der Waals surface area contributed by atoms with E-state index in [0.29, 0.717) is 0 Å². The standard InChI is InChI=1S/C23H18F26O7S.Na/c24-12(25,14(28,29)16(32,33)18(36,37)20(40,41)22(44,45)46)3-1-5-53-10(50)7-9(8-57-56-55-52)11(51)54-6-2-4-13(26,27)15(30,31)17(34,35)19(38,39)21(42,43)23(47,48)49;/h9,52H,1-8H2;/q;+1/p-1. The van der Waals surface area contributed by atoms with Crippen LogP contribution in [-0.4, -0.2) is 102 Å². The van der Waals surface area contributed by atoms with Crippen LogP contribution in [0.2, 0.25) is 0 Å². The van der Waals surface area contributed by atoms with Crippen molar-refractivity contribution >= 4 is 24.0 Å². The Hall–Kier alpha value is -1.65. The van der Waals surface area contributed by atoms with E-state index in [1.54, 1.807) is 0 Å². The van der Waals surface area contributed by atoms with E-state index >= 15 is 0 Å². The van der Waals surface area contributed by atoms with E-state index in [4.69, 9.17) is 0 Å². The number of esters is 2. The fourth-order valence-corrected chi connectivity index (χ4v) is 4.10. The molecule has 0 aromatic rings. The molecule has 0 saturated heterocycles. The van der Waals surface area contributed by atoms with Crippen molar-refractivity contribution in [3.8, 4) is 0 Å². The minimum atomic E-state index is -8.22. The summed E-state index contributed by atoms with van der Waals surface area (Å²) in [4.78, 5) is 24.1. The molecule has 0 radical (unpaired) electrons. The van der Waals surface area contributed by atoms with Crippen molar-refractivity contribution in [2.75, 3.05) is 19.0 Å². The SMILES string of the molecule is O=C(CC(CSOO[O-])C(=O)OCCCC(F)(F)C(F)(F)C(F)(F)C(F)(F)C(F)(F)C(F)(F)F)OCCCC(F)(F)C(F)(F)C(F)(F)C(F)(F)C(F)(F)C(F)(F)F.[Na+]. The average molecular weight is 954 g/mol. The molecule has 0 heterocycles. The van der Waals surface area contributed by atoms with Gasteiger partial charge in [0.25, 0.3) is 0 Å². The topological polar surface area (TPSA) is 94.1 Å². The minimum absolute atomic E-state index is 0. The van der Waals surface area contributed by atoms with Crippen molar-refractivity contribution < 1.29 is 177 Å². The van der Waals surface area contributed by atoms with Gasteiger partial charge in [-0.1, -0.05) is 0 Å². The van der Waals surface area contributed by atoms with Gasteiger partial charge in [-0.25, -0.2) is 0 Å². The van der Waals surface area contributed by atoms with Crippen LogP contribution >= 0.6 is 12.0 Å². The summed E-state index contributed by atoms with van der Waals surface area (Å²) in [5.74, 6) is -84.5. The van der Waals surface area contributed by atoms with E-state index in [1.165, 1.54) is 0 Å². The van der Waals surface area contributed by atoms with Crippen LogP contribution < -0.4 is 34.8 Å². The van der Waals surface area contributed by atoms with Crippen LogP contribution in [0, 0.1) is 5.92 Å². The molecule has 0 spiro atoms. The zero-order valence-electron chi connectivity index (χ0n) is 27.3. The Bertz CT molecular complexity index is 1360.